The maximum Gasteiger partial charge on any atom is 0.303 e. The number of carbonyl (C=O) groups excluding carboxylic acids is 2. The third-order valence-electron chi connectivity index (χ3n) is 6.42. The summed E-state index contributed by atoms with van der Waals surface area (Å²) < 4.78 is 26.8. The molecule has 0 unspecified atom stereocenters. The van der Waals surface area contributed by atoms with Gasteiger partial charge in [0.05, 0.1) is 28.9 Å². The van der Waals surface area contributed by atoms with Gasteiger partial charge in [-0.3, -0.25) is 18.7 Å². The molecule has 0 atom stereocenters. The SMILES string of the molecule is CN(C)C(=O)CN(c1ccc(NC(=C2C(=O)Nc3cc(Br)ccc32)c2cccc(CCC(=O)O)c2)cc1)S(C)(=O)=O. The molecule has 0 fully saturated rings. The number of carboxylic acids is 1. The predicted octanol–water partition coefficient (Wildman–Crippen LogP) is 4.25. The molecule has 2 amide bonds. The van der Waals surface area contributed by atoms with Crippen molar-refractivity contribution in [2.45, 2.75) is 12.8 Å². The lowest BCUT2D eigenvalue weighted by atomic mass is 9.98. The molecule has 12 heteroatoms. The number of hydrogen-bond donors (Lipinski definition) is 3. The minimum atomic E-state index is -3.74. The molecule has 214 valence electrons. The van der Waals surface area contributed by atoms with Gasteiger partial charge in [0.15, 0.2) is 0 Å². The summed E-state index contributed by atoms with van der Waals surface area (Å²) in [5.41, 5.74) is 4.59. The number of fused-ring (bicyclic) bond motifs is 1. The molecular weight excluding hydrogens is 612 g/mol. The number of nitrogens with zero attached hydrogens (tertiary/aromatic N) is 2. The molecule has 41 heavy (non-hydrogen) atoms. The summed E-state index contributed by atoms with van der Waals surface area (Å²) in [6.07, 6.45) is 1.33. The largest absolute Gasteiger partial charge is 0.481 e. The first kappa shape index (κ1) is 29.8. The molecule has 4 rings (SSSR count). The number of aliphatic carboxylic acids is 1. The van der Waals surface area contributed by atoms with Crippen molar-refractivity contribution in [2.75, 3.05) is 41.8 Å². The molecule has 0 aromatic heterocycles. The third-order valence-corrected chi connectivity index (χ3v) is 8.06. The summed E-state index contributed by atoms with van der Waals surface area (Å²) in [5.74, 6) is -1.58. The lowest BCUT2D eigenvalue weighted by Gasteiger charge is -2.24. The average molecular weight is 642 g/mol. The first-order chi connectivity index (χ1) is 19.3. The Morgan fingerprint density at radius 1 is 1.02 bits per heavy atom. The van der Waals surface area contributed by atoms with E-state index in [1.54, 1.807) is 44.4 Å². The predicted molar refractivity (Wildman–Crippen MR) is 163 cm³/mol. The lowest BCUT2D eigenvalue weighted by Crippen LogP contribution is -2.39. The van der Waals surface area contributed by atoms with Crippen LogP contribution in [0, 0.1) is 0 Å². The van der Waals surface area contributed by atoms with Crippen LogP contribution >= 0.6 is 15.9 Å². The number of nitrogens with one attached hydrogen (secondary N) is 2. The van der Waals surface area contributed by atoms with Crippen LogP contribution < -0.4 is 14.9 Å². The van der Waals surface area contributed by atoms with Gasteiger partial charge >= 0.3 is 5.97 Å². The molecule has 1 aliphatic heterocycles. The van der Waals surface area contributed by atoms with E-state index in [1.165, 1.54) is 4.90 Å². The first-order valence-electron chi connectivity index (χ1n) is 12.5. The number of anilines is 3. The fraction of sp³-hybridized carbons (Fsp3) is 0.207. The number of sulfonamides is 1. The Balaban J connectivity index is 1.76. The Labute approximate surface area is 246 Å². The molecule has 0 saturated heterocycles. The molecule has 0 spiro atoms. The Hall–Kier alpha value is -4.16. The third kappa shape index (κ3) is 7.14. The van der Waals surface area contributed by atoms with Crippen molar-refractivity contribution in [2.24, 2.45) is 0 Å². The van der Waals surface area contributed by atoms with Crippen LogP contribution in [0.25, 0.3) is 11.3 Å². The summed E-state index contributed by atoms with van der Waals surface area (Å²) in [5, 5.41) is 15.4. The number of amides is 2. The van der Waals surface area contributed by atoms with Gasteiger partial charge < -0.3 is 20.6 Å². The van der Waals surface area contributed by atoms with E-state index in [0.717, 1.165) is 20.6 Å². The number of carbonyl (C=O) groups is 3. The Morgan fingerprint density at radius 2 is 1.73 bits per heavy atom. The van der Waals surface area contributed by atoms with Crippen molar-refractivity contribution in [1.82, 2.24) is 4.90 Å². The van der Waals surface area contributed by atoms with Gasteiger partial charge in [-0.2, -0.15) is 0 Å². The van der Waals surface area contributed by atoms with E-state index in [-0.39, 0.29) is 24.8 Å². The zero-order valence-corrected chi connectivity index (χ0v) is 25.0. The van der Waals surface area contributed by atoms with E-state index in [9.17, 15) is 22.8 Å². The lowest BCUT2D eigenvalue weighted by molar-refractivity contribution is -0.137. The highest BCUT2D eigenvalue weighted by atomic mass is 79.9. The maximum absolute atomic E-state index is 13.2. The Kier molecular flexibility index (Phi) is 8.83. The summed E-state index contributed by atoms with van der Waals surface area (Å²) in [4.78, 5) is 38.0. The van der Waals surface area contributed by atoms with Gasteiger partial charge in [-0.15, -0.1) is 0 Å². The Bertz CT molecular complexity index is 1650. The molecule has 3 aromatic carbocycles. The number of aryl methyl sites for hydroxylation is 1. The van der Waals surface area contributed by atoms with E-state index < -0.39 is 16.0 Å². The minimum Gasteiger partial charge on any atom is -0.481 e. The molecule has 0 radical (unpaired) electrons. The maximum atomic E-state index is 13.2. The minimum absolute atomic E-state index is 0.0330. The normalized spacial score (nSPS) is 13.7. The zero-order chi connectivity index (χ0) is 29.9. The number of carboxylic acid groups (broad SMARTS) is 1. The molecule has 0 saturated carbocycles. The topological polar surface area (TPSA) is 136 Å². The number of likely N-dealkylation sites (N-methyl/N-ethyl adjacent to an activating group) is 1. The van der Waals surface area contributed by atoms with Crippen LogP contribution in [0.1, 0.15) is 23.1 Å². The van der Waals surface area contributed by atoms with E-state index in [4.69, 9.17) is 5.11 Å². The number of benzene rings is 3. The van der Waals surface area contributed by atoms with Gasteiger partial charge in [-0.25, -0.2) is 8.42 Å². The molecule has 3 N–H and O–H groups in total. The van der Waals surface area contributed by atoms with Crippen LogP contribution in [-0.2, 0) is 30.8 Å². The molecule has 1 aliphatic rings. The zero-order valence-electron chi connectivity index (χ0n) is 22.6. The molecule has 10 nitrogen and oxygen atoms in total. The second-order valence-electron chi connectivity index (χ2n) is 9.72. The average Bonchev–Trinajstić information content (AvgIpc) is 3.23. The number of rotatable bonds is 10. The first-order valence-corrected chi connectivity index (χ1v) is 15.2. The summed E-state index contributed by atoms with van der Waals surface area (Å²) >= 11 is 3.43. The second kappa shape index (κ2) is 12.1. The molecule has 0 aliphatic carbocycles. The van der Waals surface area contributed by atoms with Gasteiger partial charge in [-0.05, 0) is 60.0 Å². The van der Waals surface area contributed by atoms with Crippen LogP contribution in [0.2, 0.25) is 0 Å². The highest BCUT2D eigenvalue weighted by Crippen LogP contribution is 2.39. The highest BCUT2D eigenvalue weighted by Gasteiger charge is 2.29. The van der Waals surface area contributed by atoms with Crippen molar-refractivity contribution in [1.29, 1.82) is 0 Å². The van der Waals surface area contributed by atoms with Crippen LogP contribution in [0.15, 0.2) is 71.2 Å². The van der Waals surface area contributed by atoms with Crippen molar-refractivity contribution in [3.05, 3.63) is 87.9 Å². The monoisotopic (exact) mass is 640 g/mol. The molecule has 1 heterocycles. The van der Waals surface area contributed by atoms with E-state index in [2.05, 4.69) is 26.6 Å². The standard InChI is InChI=1S/C29H29BrN4O6S/c1-33(2)25(35)17-34(41(3,39)40)22-11-9-21(10-12-22)31-28(19-6-4-5-18(15-19)7-14-26(36)37)27-23-13-8-20(30)16-24(23)32-29(27)38/h4-6,8-13,15-16,31H,7,14,17H2,1-3H3,(H,32,38)(H,36,37). The van der Waals surface area contributed by atoms with Crippen LogP contribution in [0.4, 0.5) is 17.1 Å². The Morgan fingerprint density at radius 3 is 2.37 bits per heavy atom. The van der Waals surface area contributed by atoms with Gasteiger partial charge in [0.25, 0.3) is 5.91 Å². The van der Waals surface area contributed by atoms with Crippen molar-refractivity contribution >= 4 is 72.1 Å². The van der Waals surface area contributed by atoms with Gasteiger partial charge in [0, 0.05) is 36.2 Å². The van der Waals surface area contributed by atoms with Crippen LogP contribution in [0.5, 0.6) is 0 Å². The summed E-state index contributed by atoms with van der Waals surface area (Å²) in [7, 11) is -0.635. The van der Waals surface area contributed by atoms with Gasteiger partial charge in [-0.1, -0.05) is 40.2 Å². The van der Waals surface area contributed by atoms with Gasteiger partial charge in [0.1, 0.15) is 6.54 Å². The fourth-order valence-corrected chi connectivity index (χ4v) is 5.54. The second-order valence-corrected chi connectivity index (χ2v) is 12.5. The van der Waals surface area contributed by atoms with E-state index in [0.29, 0.717) is 45.9 Å². The van der Waals surface area contributed by atoms with E-state index >= 15 is 0 Å². The van der Waals surface area contributed by atoms with Gasteiger partial charge in [0.2, 0.25) is 15.9 Å². The number of halogens is 1. The molecule has 3 aromatic rings. The van der Waals surface area contributed by atoms with Crippen molar-refractivity contribution in [3.63, 3.8) is 0 Å². The van der Waals surface area contributed by atoms with Crippen LogP contribution in [-0.4, -0.2) is 63.1 Å². The smallest absolute Gasteiger partial charge is 0.303 e. The number of hydrogen-bond acceptors (Lipinski definition) is 6. The fourth-order valence-electron chi connectivity index (χ4n) is 4.33. The summed E-state index contributed by atoms with van der Waals surface area (Å²) in [6, 6.07) is 19.3. The van der Waals surface area contributed by atoms with Crippen LogP contribution in [0.3, 0.4) is 0 Å². The molecular formula is C29H29BrN4O6S. The summed E-state index contributed by atoms with van der Waals surface area (Å²) in [6.45, 7) is -0.344. The highest BCUT2D eigenvalue weighted by molar-refractivity contribution is 9.10. The quantitative estimate of drug-likeness (QED) is 0.282. The van der Waals surface area contributed by atoms with Crippen molar-refractivity contribution < 1.29 is 27.9 Å². The van der Waals surface area contributed by atoms with E-state index in [1.807, 2.05) is 36.4 Å². The molecule has 0 bridgehead atoms. The van der Waals surface area contributed by atoms with Crippen molar-refractivity contribution in [3.8, 4) is 0 Å².